The van der Waals surface area contributed by atoms with Gasteiger partial charge in [-0.1, -0.05) is 20.3 Å². The van der Waals surface area contributed by atoms with Crippen LogP contribution in [-0.2, 0) is 4.79 Å². The highest BCUT2D eigenvalue weighted by Crippen LogP contribution is 2.25. The van der Waals surface area contributed by atoms with Crippen LogP contribution in [0.5, 0.6) is 0 Å². The van der Waals surface area contributed by atoms with Crippen molar-refractivity contribution in [1.29, 1.82) is 0 Å². The zero-order chi connectivity index (χ0) is 13.1. The first-order chi connectivity index (χ1) is 8.67. The number of nitrogens with one attached hydrogen (secondary N) is 1. The molecule has 0 spiro atoms. The summed E-state index contributed by atoms with van der Waals surface area (Å²) in [6.45, 7) is 6.52. The van der Waals surface area contributed by atoms with Gasteiger partial charge >= 0.3 is 0 Å². The summed E-state index contributed by atoms with van der Waals surface area (Å²) >= 11 is 0. The Morgan fingerprint density at radius 3 is 2.50 bits per heavy atom. The van der Waals surface area contributed by atoms with Crippen LogP contribution in [0.25, 0.3) is 0 Å². The smallest absolute Gasteiger partial charge is 0.241 e. The Labute approximate surface area is 111 Å². The maximum absolute atomic E-state index is 12.5. The van der Waals surface area contributed by atoms with Gasteiger partial charge in [-0.3, -0.25) is 10.1 Å². The van der Waals surface area contributed by atoms with Crippen molar-refractivity contribution in [2.75, 3.05) is 20.1 Å². The highest BCUT2D eigenvalue weighted by Gasteiger charge is 2.41. The molecule has 2 atom stereocenters. The van der Waals surface area contributed by atoms with E-state index in [1.54, 1.807) is 0 Å². The van der Waals surface area contributed by atoms with Crippen LogP contribution < -0.4 is 5.32 Å². The van der Waals surface area contributed by atoms with Gasteiger partial charge in [0.05, 0.1) is 12.2 Å². The van der Waals surface area contributed by atoms with Crippen LogP contribution in [0.3, 0.4) is 0 Å². The van der Waals surface area contributed by atoms with Crippen LogP contribution in [0, 0.1) is 0 Å². The molecule has 2 heterocycles. The van der Waals surface area contributed by atoms with Gasteiger partial charge in [-0.15, -0.1) is 0 Å². The van der Waals surface area contributed by atoms with Crippen molar-refractivity contribution in [1.82, 2.24) is 15.1 Å². The Balaban J connectivity index is 2.05. The zero-order valence-corrected chi connectivity index (χ0v) is 12.0. The van der Waals surface area contributed by atoms with Crippen molar-refractivity contribution in [2.45, 2.75) is 64.2 Å². The van der Waals surface area contributed by atoms with E-state index < -0.39 is 0 Å². The summed E-state index contributed by atoms with van der Waals surface area (Å²) in [5, 5.41) is 3.51. The third-order valence-electron chi connectivity index (χ3n) is 4.33. The average Bonchev–Trinajstić information content (AvgIpc) is 2.68. The Morgan fingerprint density at radius 2 is 1.94 bits per heavy atom. The van der Waals surface area contributed by atoms with Gasteiger partial charge in [0.15, 0.2) is 0 Å². The molecule has 2 saturated heterocycles. The van der Waals surface area contributed by atoms with E-state index in [4.69, 9.17) is 0 Å². The minimum absolute atomic E-state index is 0.0567. The molecule has 4 heteroatoms. The number of amides is 1. The fraction of sp³-hybridized carbons (Fsp3) is 0.929. The summed E-state index contributed by atoms with van der Waals surface area (Å²) in [5.41, 5.74) is 0. The molecule has 0 aromatic rings. The molecule has 1 N–H and O–H groups in total. The van der Waals surface area contributed by atoms with Gasteiger partial charge in [0.2, 0.25) is 5.91 Å². The Hall–Kier alpha value is -0.610. The van der Waals surface area contributed by atoms with E-state index in [0.717, 1.165) is 45.2 Å². The lowest BCUT2D eigenvalue weighted by Gasteiger charge is -2.38. The maximum atomic E-state index is 12.5. The third kappa shape index (κ3) is 2.69. The van der Waals surface area contributed by atoms with Gasteiger partial charge in [0, 0.05) is 6.04 Å². The second-order valence-electron chi connectivity index (χ2n) is 5.71. The number of hydrogen-bond donors (Lipinski definition) is 1. The van der Waals surface area contributed by atoms with Crippen molar-refractivity contribution >= 4 is 5.91 Å². The normalized spacial score (nSPS) is 31.3. The van der Waals surface area contributed by atoms with E-state index in [2.05, 4.69) is 36.0 Å². The highest BCUT2D eigenvalue weighted by atomic mass is 16.2. The highest BCUT2D eigenvalue weighted by molar-refractivity contribution is 5.84. The molecule has 2 rings (SSSR count). The summed E-state index contributed by atoms with van der Waals surface area (Å²) in [5.74, 6) is 0.338. The maximum Gasteiger partial charge on any atom is 0.241 e. The minimum Gasteiger partial charge on any atom is -0.323 e. The third-order valence-corrected chi connectivity index (χ3v) is 4.33. The molecule has 1 amide bonds. The van der Waals surface area contributed by atoms with Crippen LogP contribution in [0.1, 0.15) is 46.0 Å². The van der Waals surface area contributed by atoms with Crippen LogP contribution in [0.4, 0.5) is 0 Å². The molecule has 2 aliphatic rings. The molecule has 2 unspecified atom stereocenters. The van der Waals surface area contributed by atoms with Crippen molar-refractivity contribution in [3.63, 3.8) is 0 Å². The summed E-state index contributed by atoms with van der Waals surface area (Å²) in [7, 11) is 2.17. The molecule has 0 aromatic heterocycles. The minimum atomic E-state index is 0.0567. The van der Waals surface area contributed by atoms with Crippen molar-refractivity contribution in [3.05, 3.63) is 0 Å². The van der Waals surface area contributed by atoms with Gasteiger partial charge < -0.3 is 9.80 Å². The fourth-order valence-electron chi connectivity index (χ4n) is 3.21. The van der Waals surface area contributed by atoms with Crippen LogP contribution in [0.2, 0.25) is 0 Å². The number of likely N-dealkylation sites (tertiary alicyclic amines) is 1. The quantitative estimate of drug-likeness (QED) is 0.823. The largest absolute Gasteiger partial charge is 0.323 e. The van der Waals surface area contributed by atoms with Crippen LogP contribution in [-0.4, -0.2) is 54.1 Å². The molecular formula is C14H27N3O. The molecule has 0 aromatic carbocycles. The van der Waals surface area contributed by atoms with Gasteiger partial charge in [0.1, 0.15) is 0 Å². The van der Waals surface area contributed by atoms with Crippen molar-refractivity contribution < 1.29 is 4.79 Å². The second kappa shape index (κ2) is 6.02. The molecular weight excluding hydrogens is 226 g/mol. The Bertz CT molecular complexity index is 287. The lowest BCUT2D eigenvalue weighted by atomic mass is 10.0. The number of nitrogens with zero attached hydrogens (tertiary/aromatic N) is 2. The first-order valence-electron chi connectivity index (χ1n) is 7.44. The Morgan fingerprint density at radius 1 is 1.28 bits per heavy atom. The van der Waals surface area contributed by atoms with E-state index in [-0.39, 0.29) is 12.2 Å². The molecule has 0 saturated carbocycles. The molecule has 18 heavy (non-hydrogen) atoms. The molecule has 0 bridgehead atoms. The van der Waals surface area contributed by atoms with Gasteiger partial charge in [-0.05, 0) is 45.8 Å². The number of hydrogen-bond acceptors (Lipinski definition) is 3. The molecule has 4 nitrogen and oxygen atoms in total. The molecule has 104 valence electrons. The molecule has 2 aliphatic heterocycles. The van der Waals surface area contributed by atoms with Gasteiger partial charge in [0.25, 0.3) is 0 Å². The van der Waals surface area contributed by atoms with Crippen LogP contribution >= 0.6 is 0 Å². The predicted molar refractivity (Wildman–Crippen MR) is 73.3 cm³/mol. The van der Waals surface area contributed by atoms with E-state index in [9.17, 15) is 4.79 Å². The average molecular weight is 253 g/mol. The van der Waals surface area contributed by atoms with Gasteiger partial charge in [-0.25, -0.2) is 0 Å². The van der Waals surface area contributed by atoms with E-state index in [0.29, 0.717) is 11.9 Å². The molecule has 0 radical (unpaired) electrons. The number of carbonyl (C=O) groups excluding carboxylic acids is 1. The Kier molecular flexibility index (Phi) is 4.62. The van der Waals surface area contributed by atoms with E-state index in [1.807, 2.05) is 0 Å². The van der Waals surface area contributed by atoms with E-state index >= 15 is 0 Å². The lowest BCUT2D eigenvalue weighted by Crippen LogP contribution is -2.49. The number of piperidine rings is 1. The topological polar surface area (TPSA) is 35.6 Å². The predicted octanol–water partition coefficient (Wildman–Crippen LogP) is 1.42. The number of rotatable bonds is 4. The second-order valence-corrected chi connectivity index (χ2v) is 5.71. The first kappa shape index (κ1) is 13.8. The fourth-order valence-corrected chi connectivity index (χ4v) is 3.21. The monoisotopic (exact) mass is 253 g/mol. The summed E-state index contributed by atoms with van der Waals surface area (Å²) in [6, 6.07) is 0.510. The molecule has 0 aliphatic carbocycles. The molecule has 2 fully saturated rings. The van der Waals surface area contributed by atoms with Crippen LogP contribution in [0.15, 0.2) is 0 Å². The SMILES string of the molecule is CCCC1NC(CC)C(=O)N1C1CCN(C)CC1. The lowest BCUT2D eigenvalue weighted by molar-refractivity contribution is -0.133. The first-order valence-corrected chi connectivity index (χ1v) is 7.44. The van der Waals surface area contributed by atoms with Crippen molar-refractivity contribution in [3.8, 4) is 0 Å². The van der Waals surface area contributed by atoms with E-state index in [1.165, 1.54) is 0 Å². The summed E-state index contributed by atoms with van der Waals surface area (Å²) in [4.78, 5) is 17.0. The number of carbonyl (C=O) groups is 1. The summed E-state index contributed by atoms with van der Waals surface area (Å²) in [6.07, 6.45) is 5.64. The van der Waals surface area contributed by atoms with Crippen molar-refractivity contribution in [2.24, 2.45) is 0 Å². The van der Waals surface area contributed by atoms with Gasteiger partial charge in [-0.2, -0.15) is 0 Å². The standard InChI is InChI=1S/C14H27N3O/c1-4-6-13-15-12(5-2)14(18)17(13)11-7-9-16(3)10-8-11/h11-13,15H,4-10H2,1-3H3. The zero-order valence-electron chi connectivity index (χ0n) is 12.0. The summed E-state index contributed by atoms with van der Waals surface area (Å²) < 4.78 is 0.